The van der Waals surface area contributed by atoms with E-state index in [-0.39, 0.29) is 5.91 Å². The summed E-state index contributed by atoms with van der Waals surface area (Å²) in [6, 6.07) is 15.1. The van der Waals surface area contributed by atoms with Gasteiger partial charge in [0.1, 0.15) is 10.8 Å². The Bertz CT molecular complexity index is 901. The average Bonchev–Trinajstić information content (AvgIpc) is 3.08. The molecule has 3 rings (SSSR count). The summed E-state index contributed by atoms with van der Waals surface area (Å²) >= 11 is 1.32. The Hall–Kier alpha value is -2.99. The summed E-state index contributed by atoms with van der Waals surface area (Å²) in [5.41, 5.74) is 2.67. The Balaban J connectivity index is 1.65. The van der Waals surface area contributed by atoms with Gasteiger partial charge in [-0.2, -0.15) is 0 Å². The molecule has 126 valence electrons. The van der Waals surface area contributed by atoms with Crippen molar-refractivity contribution in [1.82, 2.24) is 10.2 Å². The summed E-state index contributed by atoms with van der Waals surface area (Å²) < 4.78 is 5.13. The number of benzene rings is 2. The molecule has 0 aliphatic carbocycles. The lowest BCUT2D eigenvalue weighted by Crippen LogP contribution is -2.11. The van der Waals surface area contributed by atoms with E-state index in [4.69, 9.17) is 4.74 Å². The second-order valence-electron chi connectivity index (χ2n) is 5.38. The van der Waals surface area contributed by atoms with Gasteiger partial charge in [-0.05, 0) is 42.8 Å². The molecule has 0 aliphatic rings. The zero-order chi connectivity index (χ0) is 17.6. The molecule has 1 amide bonds. The van der Waals surface area contributed by atoms with Gasteiger partial charge in [0.05, 0.1) is 7.11 Å². The van der Waals surface area contributed by atoms with Crippen LogP contribution in [0.4, 0.5) is 5.13 Å². The van der Waals surface area contributed by atoms with Gasteiger partial charge in [0, 0.05) is 5.56 Å². The van der Waals surface area contributed by atoms with Crippen molar-refractivity contribution in [2.45, 2.75) is 6.92 Å². The number of methoxy groups -OCH3 is 1. The summed E-state index contributed by atoms with van der Waals surface area (Å²) in [6.07, 6.45) is 3.80. The van der Waals surface area contributed by atoms with Gasteiger partial charge in [-0.1, -0.05) is 47.2 Å². The van der Waals surface area contributed by atoms with Gasteiger partial charge in [-0.25, -0.2) is 0 Å². The highest BCUT2D eigenvalue weighted by molar-refractivity contribution is 7.16. The lowest BCUT2D eigenvalue weighted by molar-refractivity contribution is 0.102. The van der Waals surface area contributed by atoms with Gasteiger partial charge < -0.3 is 4.74 Å². The maximum atomic E-state index is 12.2. The SMILES string of the molecule is COc1ccc(C=Cc2nnc(NC(=O)c3cccc(C)c3)s2)cc1. The molecule has 1 aromatic heterocycles. The maximum absolute atomic E-state index is 12.2. The molecule has 2 aromatic carbocycles. The lowest BCUT2D eigenvalue weighted by atomic mass is 10.1. The maximum Gasteiger partial charge on any atom is 0.257 e. The number of nitrogens with zero attached hydrogens (tertiary/aromatic N) is 2. The van der Waals surface area contributed by atoms with E-state index in [0.717, 1.165) is 21.9 Å². The van der Waals surface area contributed by atoms with Crippen molar-refractivity contribution >= 4 is 34.5 Å². The molecule has 1 heterocycles. The van der Waals surface area contributed by atoms with Crippen LogP contribution in [0.5, 0.6) is 5.75 Å². The van der Waals surface area contributed by atoms with E-state index in [1.807, 2.05) is 61.5 Å². The van der Waals surface area contributed by atoms with Gasteiger partial charge in [0.2, 0.25) is 5.13 Å². The monoisotopic (exact) mass is 351 g/mol. The number of nitrogens with one attached hydrogen (secondary N) is 1. The molecule has 0 saturated heterocycles. The van der Waals surface area contributed by atoms with Gasteiger partial charge in [-0.15, -0.1) is 10.2 Å². The number of aryl methyl sites for hydroxylation is 1. The fourth-order valence-corrected chi connectivity index (χ4v) is 2.83. The number of hydrogen-bond acceptors (Lipinski definition) is 5. The Morgan fingerprint density at radius 3 is 2.64 bits per heavy atom. The largest absolute Gasteiger partial charge is 0.497 e. The number of anilines is 1. The Labute approximate surface area is 150 Å². The van der Waals surface area contributed by atoms with Gasteiger partial charge >= 0.3 is 0 Å². The highest BCUT2D eigenvalue weighted by atomic mass is 32.1. The molecule has 6 heteroatoms. The topological polar surface area (TPSA) is 64.1 Å². The molecule has 0 radical (unpaired) electrons. The average molecular weight is 351 g/mol. The number of amides is 1. The van der Waals surface area contributed by atoms with E-state index in [2.05, 4.69) is 15.5 Å². The minimum Gasteiger partial charge on any atom is -0.497 e. The summed E-state index contributed by atoms with van der Waals surface area (Å²) in [7, 11) is 1.64. The summed E-state index contributed by atoms with van der Waals surface area (Å²) in [5, 5.41) is 12.0. The third-order valence-corrected chi connectivity index (χ3v) is 4.28. The fourth-order valence-electron chi connectivity index (χ4n) is 2.19. The van der Waals surface area contributed by atoms with E-state index < -0.39 is 0 Å². The van der Waals surface area contributed by atoms with Crippen molar-refractivity contribution in [2.75, 3.05) is 12.4 Å². The Morgan fingerprint density at radius 1 is 1.12 bits per heavy atom. The van der Waals surface area contributed by atoms with Crippen molar-refractivity contribution in [1.29, 1.82) is 0 Å². The third kappa shape index (κ3) is 4.51. The van der Waals surface area contributed by atoms with Crippen LogP contribution in [0.25, 0.3) is 12.2 Å². The first-order valence-corrected chi connectivity index (χ1v) is 8.49. The van der Waals surface area contributed by atoms with Crippen LogP contribution in [0.1, 0.15) is 26.5 Å². The van der Waals surface area contributed by atoms with Crippen LogP contribution in [0, 0.1) is 6.92 Å². The van der Waals surface area contributed by atoms with Crippen molar-refractivity contribution < 1.29 is 9.53 Å². The van der Waals surface area contributed by atoms with E-state index in [0.29, 0.717) is 10.7 Å². The summed E-state index contributed by atoms with van der Waals surface area (Å²) in [5.74, 6) is 0.625. The van der Waals surface area contributed by atoms with Crippen molar-refractivity contribution in [3.63, 3.8) is 0 Å². The van der Waals surface area contributed by atoms with Gasteiger partial charge in [0.25, 0.3) is 5.91 Å². The molecule has 0 unspecified atom stereocenters. The highest BCUT2D eigenvalue weighted by Crippen LogP contribution is 2.19. The lowest BCUT2D eigenvalue weighted by Gasteiger charge is -2.01. The molecule has 0 fully saturated rings. The molecule has 0 atom stereocenters. The molecular formula is C19H17N3O2S. The molecular weight excluding hydrogens is 334 g/mol. The summed E-state index contributed by atoms with van der Waals surface area (Å²) in [6.45, 7) is 1.95. The van der Waals surface area contributed by atoms with E-state index in [1.54, 1.807) is 13.2 Å². The number of aromatic nitrogens is 2. The normalized spacial score (nSPS) is 10.8. The summed E-state index contributed by atoms with van der Waals surface area (Å²) in [4.78, 5) is 12.2. The number of carbonyl (C=O) groups excluding carboxylic acids is 1. The molecule has 5 nitrogen and oxygen atoms in total. The number of hydrogen-bond donors (Lipinski definition) is 1. The van der Waals surface area contributed by atoms with Crippen LogP contribution in [0.15, 0.2) is 48.5 Å². The van der Waals surface area contributed by atoms with Crippen LogP contribution in [0.3, 0.4) is 0 Å². The smallest absolute Gasteiger partial charge is 0.257 e. The molecule has 0 spiro atoms. The van der Waals surface area contributed by atoms with Crippen LogP contribution in [-0.4, -0.2) is 23.2 Å². The van der Waals surface area contributed by atoms with Gasteiger partial charge in [-0.3, -0.25) is 10.1 Å². The molecule has 0 aliphatic heterocycles. The molecule has 1 N–H and O–H groups in total. The second-order valence-corrected chi connectivity index (χ2v) is 6.38. The molecule has 0 bridgehead atoms. The van der Waals surface area contributed by atoms with E-state index in [9.17, 15) is 4.79 Å². The highest BCUT2D eigenvalue weighted by Gasteiger charge is 2.09. The zero-order valence-electron chi connectivity index (χ0n) is 13.9. The molecule has 25 heavy (non-hydrogen) atoms. The molecule has 3 aromatic rings. The zero-order valence-corrected chi connectivity index (χ0v) is 14.7. The molecule has 0 saturated carbocycles. The van der Waals surface area contributed by atoms with Crippen LogP contribution in [-0.2, 0) is 0 Å². The standard InChI is InChI=1S/C19H17N3O2S/c1-13-4-3-5-15(12-13)18(23)20-19-22-21-17(25-19)11-8-14-6-9-16(24-2)10-7-14/h3-12H,1-2H3,(H,20,22,23). The van der Waals surface area contributed by atoms with Crippen molar-refractivity contribution in [3.05, 3.63) is 70.2 Å². The number of rotatable bonds is 5. The predicted octanol–water partition coefficient (Wildman–Crippen LogP) is 4.28. The van der Waals surface area contributed by atoms with Crippen LogP contribution in [0.2, 0.25) is 0 Å². The first-order chi connectivity index (χ1) is 12.1. The quantitative estimate of drug-likeness (QED) is 0.745. The fraction of sp³-hybridized carbons (Fsp3) is 0.105. The van der Waals surface area contributed by atoms with Crippen LogP contribution >= 0.6 is 11.3 Å². The second kappa shape index (κ2) is 7.72. The van der Waals surface area contributed by atoms with Crippen molar-refractivity contribution in [2.24, 2.45) is 0 Å². The number of carbonyl (C=O) groups is 1. The first kappa shape index (κ1) is 16.9. The van der Waals surface area contributed by atoms with E-state index in [1.165, 1.54) is 11.3 Å². The van der Waals surface area contributed by atoms with Crippen molar-refractivity contribution in [3.8, 4) is 5.75 Å². The third-order valence-electron chi connectivity index (χ3n) is 3.48. The minimum absolute atomic E-state index is 0.189. The Morgan fingerprint density at radius 2 is 1.92 bits per heavy atom. The first-order valence-electron chi connectivity index (χ1n) is 7.68. The number of ether oxygens (including phenoxy) is 1. The Kier molecular flexibility index (Phi) is 5.20. The predicted molar refractivity (Wildman–Crippen MR) is 101 cm³/mol. The van der Waals surface area contributed by atoms with E-state index >= 15 is 0 Å². The van der Waals surface area contributed by atoms with Crippen LogP contribution < -0.4 is 10.1 Å². The minimum atomic E-state index is -0.189. The van der Waals surface area contributed by atoms with Gasteiger partial charge in [0.15, 0.2) is 0 Å².